The third kappa shape index (κ3) is 2.98. The number of aromatic hydroxyl groups is 1. The summed E-state index contributed by atoms with van der Waals surface area (Å²) >= 11 is 5.97. The smallest absolute Gasteiger partial charge is 0.255 e. The maximum atomic E-state index is 12.0. The van der Waals surface area contributed by atoms with E-state index in [4.69, 9.17) is 17.3 Å². The molecule has 0 saturated heterocycles. The zero-order valence-corrected chi connectivity index (χ0v) is 11.0. The van der Waals surface area contributed by atoms with Gasteiger partial charge < -0.3 is 16.2 Å². The minimum Gasteiger partial charge on any atom is -0.508 e. The Hall–Kier alpha value is -2.20. The van der Waals surface area contributed by atoms with Gasteiger partial charge in [-0.15, -0.1) is 0 Å². The summed E-state index contributed by atoms with van der Waals surface area (Å²) in [5.74, 6) is -0.158. The van der Waals surface area contributed by atoms with Crippen molar-refractivity contribution >= 4 is 28.9 Å². The Balaban J connectivity index is 2.25. The molecule has 4 nitrogen and oxygen atoms in total. The fourth-order valence-electron chi connectivity index (χ4n) is 1.63. The molecule has 5 heteroatoms. The van der Waals surface area contributed by atoms with Gasteiger partial charge in [0.1, 0.15) is 5.75 Å². The van der Waals surface area contributed by atoms with E-state index < -0.39 is 0 Å². The zero-order valence-electron chi connectivity index (χ0n) is 10.3. The Labute approximate surface area is 115 Å². The van der Waals surface area contributed by atoms with Crippen molar-refractivity contribution in [2.45, 2.75) is 6.92 Å². The van der Waals surface area contributed by atoms with E-state index in [0.29, 0.717) is 27.5 Å². The third-order valence-corrected chi connectivity index (χ3v) is 3.03. The van der Waals surface area contributed by atoms with Crippen LogP contribution in [0.5, 0.6) is 5.75 Å². The molecule has 0 unspecified atom stereocenters. The molecule has 0 aliphatic carbocycles. The molecule has 0 heterocycles. The van der Waals surface area contributed by atoms with E-state index in [1.807, 2.05) is 0 Å². The summed E-state index contributed by atoms with van der Waals surface area (Å²) in [4.78, 5) is 12.0. The number of nitrogens with one attached hydrogen (secondary N) is 1. The summed E-state index contributed by atoms with van der Waals surface area (Å²) in [5, 5.41) is 12.5. The molecule has 0 radical (unpaired) electrons. The first-order valence-electron chi connectivity index (χ1n) is 5.63. The molecule has 1 amide bonds. The molecule has 0 spiro atoms. The Morgan fingerprint density at radius 3 is 2.68 bits per heavy atom. The van der Waals surface area contributed by atoms with Crippen molar-refractivity contribution in [2.24, 2.45) is 0 Å². The average molecular weight is 277 g/mol. The molecule has 2 aromatic rings. The van der Waals surface area contributed by atoms with E-state index in [1.54, 1.807) is 31.2 Å². The second kappa shape index (κ2) is 5.20. The van der Waals surface area contributed by atoms with Gasteiger partial charge in [-0.25, -0.2) is 0 Å². The monoisotopic (exact) mass is 276 g/mol. The number of rotatable bonds is 2. The van der Waals surface area contributed by atoms with E-state index in [9.17, 15) is 9.90 Å². The Bertz CT molecular complexity index is 641. The van der Waals surface area contributed by atoms with Crippen molar-refractivity contribution in [3.05, 3.63) is 52.5 Å². The predicted molar refractivity (Wildman–Crippen MR) is 76.7 cm³/mol. The highest BCUT2D eigenvalue weighted by Gasteiger charge is 2.10. The number of hydrogen-bond donors (Lipinski definition) is 3. The normalized spacial score (nSPS) is 10.2. The summed E-state index contributed by atoms with van der Waals surface area (Å²) in [6, 6.07) is 9.48. The highest BCUT2D eigenvalue weighted by Crippen LogP contribution is 2.25. The van der Waals surface area contributed by atoms with Crippen LogP contribution in [0, 0.1) is 6.92 Å². The van der Waals surface area contributed by atoms with Crippen molar-refractivity contribution in [3.8, 4) is 5.75 Å². The van der Waals surface area contributed by atoms with Crippen LogP contribution in [0.3, 0.4) is 0 Å². The molecule has 19 heavy (non-hydrogen) atoms. The number of carbonyl (C=O) groups is 1. The molecule has 2 rings (SSSR count). The number of nitrogen functional groups attached to an aromatic ring is 1. The number of phenolic OH excluding ortho intramolecular Hbond substituents is 1. The molecule has 2 aromatic carbocycles. The van der Waals surface area contributed by atoms with Gasteiger partial charge >= 0.3 is 0 Å². The second-order valence-electron chi connectivity index (χ2n) is 4.19. The SMILES string of the molecule is Cc1cc(C(=O)Nc2cc(N)ccc2Cl)ccc1O. The predicted octanol–water partition coefficient (Wildman–Crippen LogP) is 3.19. The number of aryl methyl sites for hydroxylation is 1. The van der Waals surface area contributed by atoms with E-state index in [1.165, 1.54) is 12.1 Å². The summed E-state index contributed by atoms with van der Waals surface area (Å²) in [6.07, 6.45) is 0. The van der Waals surface area contributed by atoms with Crippen LogP contribution < -0.4 is 11.1 Å². The molecule has 0 aliphatic rings. The number of phenols is 1. The van der Waals surface area contributed by atoms with Crippen molar-refractivity contribution < 1.29 is 9.90 Å². The van der Waals surface area contributed by atoms with Gasteiger partial charge in [0.25, 0.3) is 5.91 Å². The second-order valence-corrected chi connectivity index (χ2v) is 4.60. The first-order chi connectivity index (χ1) is 8.97. The lowest BCUT2D eigenvalue weighted by molar-refractivity contribution is 0.102. The van der Waals surface area contributed by atoms with Gasteiger partial charge in [0.15, 0.2) is 0 Å². The Kier molecular flexibility index (Phi) is 3.62. The topological polar surface area (TPSA) is 75.4 Å². The van der Waals surface area contributed by atoms with Crippen LogP contribution in [0.2, 0.25) is 5.02 Å². The zero-order chi connectivity index (χ0) is 14.0. The third-order valence-electron chi connectivity index (χ3n) is 2.70. The van der Waals surface area contributed by atoms with Crippen molar-refractivity contribution in [1.82, 2.24) is 0 Å². The molecule has 0 aliphatic heterocycles. The first kappa shape index (κ1) is 13.2. The minimum atomic E-state index is -0.310. The van der Waals surface area contributed by atoms with Crippen LogP contribution in [-0.4, -0.2) is 11.0 Å². The van der Waals surface area contributed by atoms with Gasteiger partial charge in [-0.05, 0) is 48.9 Å². The number of carbonyl (C=O) groups excluding carboxylic acids is 1. The summed E-state index contributed by atoms with van der Waals surface area (Å²) in [7, 11) is 0. The first-order valence-corrected chi connectivity index (χ1v) is 6.01. The van der Waals surface area contributed by atoms with Crippen LogP contribution in [0.4, 0.5) is 11.4 Å². The molecule has 0 atom stereocenters. The molecule has 4 N–H and O–H groups in total. The number of amides is 1. The van der Waals surface area contributed by atoms with Gasteiger partial charge in [-0.1, -0.05) is 11.6 Å². The van der Waals surface area contributed by atoms with E-state index in [-0.39, 0.29) is 11.7 Å². The number of nitrogens with two attached hydrogens (primary N) is 1. The van der Waals surface area contributed by atoms with Crippen LogP contribution in [0.25, 0.3) is 0 Å². The summed E-state index contributed by atoms with van der Waals surface area (Å²) in [5.41, 5.74) is 7.68. The van der Waals surface area contributed by atoms with E-state index >= 15 is 0 Å². The number of anilines is 2. The summed E-state index contributed by atoms with van der Waals surface area (Å²) in [6.45, 7) is 1.72. The fourth-order valence-corrected chi connectivity index (χ4v) is 1.79. The molecule has 0 bridgehead atoms. The standard InChI is InChI=1S/C14H13ClN2O2/c1-8-6-9(2-5-13(8)18)14(19)17-12-7-10(16)3-4-11(12)15/h2-7,18H,16H2,1H3,(H,17,19). The van der Waals surface area contributed by atoms with Crippen LogP contribution >= 0.6 is 11.6 Å². The van der Waals surface area contributed by atoms with Crippen molar-refractivity contribution in [1.29, 1.82) is 0 Å². The lowest BCUT2D eigenvalue weighted by Gasteiger charge is -2.09. The van der Waals surface area contributed by atoms with Gasteiger partial charge in [0, 0.05) is 11.3 Å². The molecule has 0 aromatic heterocycles. The maximum absolute atomic E-state index is 12.0. The maximum Gasteiger partial charge on any atom is 0.255 e. The molecular formula is C14H13ClN2O2. The highest BCUT2D eigenvalue weighted by molar-refractivity contribution is 6.34. The summed E-state index contributed by atoms with van der Waals surface area (Å²) < 4.78 is 0. The van der Waals surface area contributed by atoms with Gasteiger partial charge in [-0.2, -0.15) is 0 Å². The van der Waals surface area contributed by atoms with Gasteiger partial charge in [0.2, 0.25) is 0 Å². The van der Waals surface area contributed by atoms with Gasteiger partial charge in [0.05, 0.1) is 10.7 Å². The van der Waals surface area contributed by atoms with Crippen LogP contribution in [-0.2, 0) is 0 Å². The average Bonchev–Trinajstić information content (AvgIpc) is 2.37. The van der Waals surface area contributed by atoms with Crippen molar-refractivity contribution in [2.75, 3.05) is 11.1 Å². The minimum absolute atomic E-state index is 0.151. The lowest BCUT2D eigenvalue weighted by Crippen LogP contribution is -2.12. The fraction of sp³-hybridized carbons (Fsp3) is 0.0714. The van der Waals surface area contributed by atoms with Crippen LogP contribution in [0.15, 0.2) is 36.4 Å². The number of halogens is 1. The molecular weight excluding hydrogens is 264 g/mol. The molecule has 0 saturated carbocycles. The van der Waals surface area contributed by atoms with E-state index in [2.05, 4.69) is 5.32 Å². The van der Waals surface area contributed by atoms with Gasteiger partial charge in [-0.3, -0.25) is 4.79 Å². The highest BCUT2D eigenvalue weighted by atomic mass is 35.5. The molecule has 98 valence electrons. The lowest BCUT2D eigenvalue weighted by atomic mass is 10.1. The molecule has 0 fully saturated rings. The number of hydrogen-bond acceptors (Lipinski definition) is 3. The Morgan fingerprint density at radius 1 is 1.26 bits per heavy atom. The van der Waals surface area contributed by atoms with E-state index in [0.717, 1.165) is 0 Å². The Morgan fingerprint density at radius 2 is 2.00 bits per heavy atom. The quantitative estimate of drug-likeness (QED) is 0.737. The largest absolute Gasteiger partial charge is 0.508 e. The number of benzene rings is 2. The van der Waals surface area contributed by atoms with Crippen molar-refractivity contribution in [3.63, 3.8) is 0 Å². The van der Waals surface area contributed by atoms with Crippen LogP contribution in [0.1, 0.15) is 15.9 Å².